The average Bonchev–Trinajstić information content (AvgIpc) is 3.23. The fourth-order valence-electron chi connectivity index (χ4n) is 4.55. The highest BCUT2D eigenvalue weighted by molar-refractivity contribution is 14.1. The molecule has 0 saturated carbocycles. The first-order chi connectivity index (χ1) is 20.1. The summed E-state index contributed by atoms with van der Waals surface area (Å²) in [5.41, 5.74) is 2.55. The van der Waals surface area contributed by atoms with Gasteiger partial charge in [-0.3, -0.25) is 9.36 Å². The van der Waals surface area contributed by atoms with Crippen LogP contribution in [0.15, 0.2) is 75.7 Å². The highest BCUT2D eigenvalue weighted by Gasteiger charge is 2.34. The number of benzene rings is 3. The number of ether oxygens (including phenoxy) is 2. The zero-order valence-corrected chi connectivity index (χ0v) is 29.5. The monoisotopic (exact) mass is 864 g/mol. The molecule has 5 rings (SSSR count). The smallest absolute Gasteiger partial charge is 0.338 e. The highest BCUT2D eigenvalue weighted by atomic mass is 127. The summed E-state index contributed by atoms with van der Waals surface area (Å²) in [6.45, 7) is 3.87. The predicted octanol–water partition coefficient (Wildman–Crippen LogP) is 7.55. The summed E-state index contributed by atoms with van der Waals surface area (Å²) in [4.78, 5) is 32.3. The van der Waals surface area contributed by atoms with Crippen molar-refractivity contribution in [1.29, 1.82) is 0 Å². The van der Waals surface area contributed by atoms with Gasteiger partial charge in [0.1, 0.15) is 18.4 Å². The van der Waals surface area contributed by atoms with Crippen molar-refractivity contribution in [2.45, 2.75) is 26.5 Å². The van der Waals surface area contributed by atoms with E-state index in [0.717, 1.165) is 18.3 Å². The van der Waals surface area contributed by atoms with Crippen LogP contribution in [0.4, 0.5) is 0 Å². The van der Waals surface area contributed by atoms with Crippen molar-refractivity contribution in [3.63, 3.8) is 0 Å². The number of nitrogens with zero attached hydrogens (tertiary/aromatic N) is 2. The van der Waals surface area contributed by atoms with Gasteiger partial charge in [0.25, 0.3) is 5.56 Å². The first-order valence-corrected chi connectivity index (χ1v) is 16.7. The molecule has 1 atom stereocenters. The summed E-state index contributed by atoms with van der Waals surface area (Å²) in [5, 5.41) is 1.47. The quantitative estimate of drug-likeness (QED) is 0.142. The Labute approximate surface area is 287 Å². The molecule has 0 unspecified atom stereocenters. The van der Waals surface area contributed by atoms with Crippen LogP contribution in [0, 0.1) is 7.14 Å². The van der Waals surface area contributed by atoms with Gasteiger partial charge in [0.15, 0.2) is 4.80 Å². The molecule has 42 heavy (non-hydrogen) atoms. The molecular weight excluding hydrogens is 845 g/mol. The van der Waals surface area contributed by atoms with Crippen LogP contribution < -0.4 is 19.6 Å². The van der Waals surface area contributed by atoms with Gasteiger partial charge in [-0.25, -0.2) is 9.79 Å². The summed E-state index contributed by atoms with van der Waals surface area (Å²) in [5.74, 6) is 0.0700. The second-order valence-electron chi connectivity index (χ2n) is 9.15. The summed E-state index contributed by atoms with van der Waals surface area (Å²) >= 11 is 24.7. The second-order valence-corrected chi connectivity index (χ2v) is 13.8. The number of rotatable bonds is 7. The SMILES string of the molecule is CCOC(=O)C1=C(C)N=c2s/c(=C\c3cc(I)cc(I)c3OCc3ccc(Cl)cc3Cl)c(=O)n2[C@@H]1c1ccccc1Cl. The first kappa shape index (κ1) is 31.5. The van der Waals surface area contributed by atoms with Crippen LogP contribution in [0.1, 0.15) is 36.6 Å². The molecule has 0 amide bonds. The molecule has 4 aromatic rings. The van der Waals surface area contributed by atoms with E-state index in [9.17, 15) is 9.59 Å². The lowest BCUT2D eigenvalue weighted by atomic mass is 9.96. The molecule has 0 fully saturated rings. The Kier molecular flexibility index (Phi) is 10.1. The zero-order chi connectivity index (χ0) is 30.1. The van der Waals surface area contributed by atoms with Gasteiger partial charge < -0.3 is 9.47 Å². The number of hydrogen-bond donors (Lipinski definition) is 0. The van der Waals surface area contributed by atoms with Gasteiger partial charge in [0.2, 0.25) is 0 Å². The van der Waals surface area contributed by atoms with Crippen molar-refractivity contribution in [1.82, 2.24) is 4.57 Å². The Hall–Kier alpha value is -1.90. The zero-order valence-electron chi connectivity index (χ0n) is 22.1. The topological polar surface area (TPSA) is 69.9 Å². The third-order valence-electron chi connectivity index (χ3n) is 6.43. The van der Waals surface area contributed by atoms with Crippen molar-refractivity contribution in [3.05, 3.63) is 124 Å². The summed E-state index contributed by atoms with van der Waals surface area (Å²) in [6, 6.07) is 15.5. The van der Waals surface area contributed by atoms with Crippen LogP contribution in [0.2, 0.25) is 15.1 Å². The van der Waals surface area contributed by atoms with Gasteiger partial charge in [-0.05, 0) is 101 Å². The van der Waals surface area contributed by atoms with Crippen molar-refractivity contribution < 1.29 is 14.3 Å². The van der Waals surface area contributed by atoms with Gasteiger partial charge in [-0.15, -0.1) is 0 Å². The molecule has 3 aromatic carbocycles. The van der Waals surface area contributed by atoms with Gasteiger partial charge in [0, 0.05) is 29.8 Å². The maximum atomic E-state index is 14.1. The molecule has 0 saturated heterocycles. The third kappa shape index (κ3) is 6.46. The van der Waals surface area contributed by atoms with Gasteiger partial charge in [-0.2, -0.15) is 0 Å². The van der Waals surface area contributed by atoms with Crippen LogP contribution in [-0.2, 0) is 16.1 Å². The fourth-order valence-corrected chi connectivity index (χ4v) is 8.34. The van der Waals surface area contributed by atoms with Gasteiger partial charge in [-0.1, -0.05) is 70.4 Å². The van der Waals surface area contributed by atoms with Crippen molar-refractivity contribution in [2.24, 2.45) is 4.99 Å². The van der Waals surface area contributed by atoms with E-state index in [1.807, 2.05) is 24.3 Å². The number of aromatic nitrogens is 1. The van der Waals surface area contributed by atoms with Crippen LogP contribution in [-0.4, -0.2) is 17.1 Å². The molecule has 2 heterocycles. The molecule has 0 N–H and O–H groups in total. The van der Waals surface area contributed by atoms with Crippen LogP contribution in [0.25, 0.3) is 6.08 Å². The molecule has 12 heteroatoms. The number of carbonyl (C=O) groups excluding carboxylic acids is 1. The molecule has 0 spiro atoms. The normalized spacial score (nSPS) is 14.9. The van der Waals surface area contributed by atoms with E-state index in [1.54, 1.807) is 50.3 Å². The van der Waals surface area contributed by atoms with E-state index in [1.165, 1.54) is 15.9 Å². The molecule has 0 aliphatic carbocycles. The number of fused-ring (bicyclic) bond motifs is 1. The van der Waals surface area contributed by atoms with Crippen LogP contribution in [0.5, 0.6) is 5.75 Å². The Morgan fingerprint density at radius 3 is 2.57 bits per heavy atom. The van der Waals surface area contributed by atoms with E-state index in [-0.39, 0.29) is 24.3 Å². The lowest BCUT2D eigenvalue weighted by molar-refractivity contribution is -0.139. The molecular formula is C30H21Cl3I2N2O4S. The molecule has 0 radical (unpaired) electrons. The fraction of sp³-hybridized carbons (Fsp3) is 0.167. The average molecular weight is 866 g/mol. The van der Waals surface area contributed by atoms with E-state index in [4.69, 9.17) is 44.3 Å². The highest BCUT2D eigenvalue weighted by Crippen LogP contribution is 2.35. The van der Waals surface area contributed by atoms with Crippen molar-refractivity contribution in [2.75, 3.05) is 6.61 Å². The number of allylic oxidation sites excluding steroid dienone is 1. The van der Waals surface area contributed by atoms with E-state index < -0.39 is 12.0 Å². The molecule has 0 bridgehead atoms. The molecule has 6 nitrogen and oxygen atoms in total. The molecule has 1 aliphatic rings. The third-order valence-corrected chi connectivity index (χ3v) is 9.77. The van der Waals surface area contributed by atoms with Gasteiger partial charge in [0.05, 0.1) is 26.0 Å². The van der Waals surface area contributed by atoms with Crippen LogP contribution >= 0.6 is 91.3 Å². The standard InChI is InChI=1S/C30H21Cl3I2N2O4S/c1-3-40-29(39)25-15(2)36-30-37(26(25)20-6-4-5-7-21(20)32)28(38)24(42-30)11-17-10-19(34)13-23(35)27(17)41-14-16-8-9-18(31)12-22(16)33/h4-13,26H,3,14H2,1-2H3/b24-11-/t26-/m1/s1. The lowest BCUT2D eigenvalue weighted by Crippen LogP contribution is -2.40. The minimum atomic E-state index is -0.796. The van der Waals surface area contributed by atoms with E-state index >= 15 is 0 Å². The Balaban J connectivity index is 1.65. The number of hydrogen-bond acceptors (Lipinski definition) is 6. The predicted molar refractivity (Wildman–Crippen MR) is 185 cm³/mol. The number of esters is 1. The Morgan fingerprint density at radius 2 is 1.86 bits per heavy atom. The van der Waals surface area contributed by atoms with E-state index in [2.05, 4.69) is 50.2 Å². The minimum Gasteiger partial charge on any atom is -0.487 e. The minimum absolute atomic E-state index is 0.185. The molecule has 1 aliphatic heterocycles. The van der Waals surface area contributed by atoms with Crippen molar-refractivity contribution in [3.8, 4) is 5.75 Å². The summed E-state index contributed by atoms with van der Waals surface area (Å²) < 4.78 is 15.4. The second kappa shape index (κ2) is 13.4. The maximum Gasteiger partial charge on any atom is 0.338 e. The lowest BCUT2D eigenvalue weighted by Gasteiger charge is -2.25. The number of carbonyl (C=O) groups is 1. The number of thiazole rings is 1. The number of halogens is 5. The molecule has 1 aromatic heterocycles. The molecule has 216 valence electrons. The maximum absolute atomic E-state index is 14.1. The summed E-state index contributed by atoms with van der Waals surface area (Å²) in [7, 11) is 0. The van der Waals surface area contributed by atoms with Gasteiger partial charge >= 0.3 is 5.97 Å². The first-order valence-electron chi connectivity index (χ1n) is 12.6. The van der Waals surface area contributed by atoms with E-state index in [0.29, 0.717) is 41.4 Å². The summed E-state index contributed by atoms with van der Waals surface area (Å²) in [6.07, 6.45) is 1.79. The largest absolute Gasteiger partial charge is 0.487 e. The Morgan fingerprint density at radius 1 is 1.10 bits per heavy atom. The van der Waals surface area contributed by atoms with Crippen LogP contribution in [0.3, 0.4) is 0 Å². The Bertz CT molecular complexity index is 1940. The van der Waals surface area contributed by atoms with Crippen molar-refractivity contribution >= 4 is 103 Å².